The van der Waals surface area contributed by atoms with E-state index in [9.17, 15) is 4.79 Å². The van der Waals surface area contributed by atoms with E-state index in [1.54, 1.807) is 21.3 Å². The maximum atomic E-state index is 13.1. The van der Waals surface area contributed by atoms with Gasteiger partial charge in [-0.25, -0.2) is 0 Å². The van der Waals surface area contributed by atoms with E-state index in [1.807, 2.05) is 59.2 Å². The summed E-state index contributed by atoms with van der Waals surface area (Å²) in [5, 5.41) is 1.90. The Bertz CT molecular complexity index is 1280. The van der Waals surface area contributed by atoms with Crippen molar-refractivity contribution < 1.29 is 19.0 Å². The van der Waals surface area contributed by atoms with Crippen LogP contribution in [-0.2, 0) is 11.3 Å². The molecule has 0 unspecified atom stereocenters. The minimum absolute atomic E-state index is 0.275. The lowest BCUT2D eigenvalue weighted by molar-refractivity contribution is 0.0999. The second-order valence-electron chi connectivity index (χ2n) is 6.65. The van der Waals surface area contributed by atoms with Crippen molar-refractivity contribution >= 4 is 38.2 Å². The molecule has 1 amide bonds. The van der Waals surface area contributed by atoms with Gasteiger partial charge in [0.05, 0.1) is 31.0 Å². The largest absolute Gasteiger partial charge is 0.493 e. The average molecular weight is 423 g/mol. The number of thiazole rings is 1. The molecule has 0 N–H and O–H groups in total. The molecule has 0 radical (unpaired) electrons. The van der Waals surface area contributed by atoms with Crippen LogP contribution >= 0.6 is 11.3 Å². The van der Waals surface area contributed by atoms with Crippen LogP contribution in [0.25, 0.3) is 21.0 Å². The Morgan fingerprint density at radius 2 is 1.73 bits per heavy atom. The highest BCUT2D eigenvalue weighted by Gasteiger charge is 2.14. The van der Waals surface area contributed by atoms with Crippen LogP contribution in [0.4, 0.5) is 0 Å². The Labute approximate surface area is 178 Å². The molecule has 0 aliphatic rings. The molecule has 0 aliphatic carbocycles. The summed E-state index contributed by atoms with van der Waals surface area (Å²) in [7, 11) is 4.85. The third kappa shape index (κ3) is 3.69. The van der Waals surface area contributed by atoms with Crippen molar-refractivity contribution in [3.05, 3.63) is 65.0 Å². The van der Waals surface area contributed by atoms with Gasteiger partial charge in [-0.05, 0) is 16.8 Å². The molecule has 4 aromatic rings. The van der Waals surface area contributed by atoms with Gasteiger partial charge in [0.25, 0.3) is 5.91 Å². The molecule has 0 saturated carbocycles. The first-order valence-electron chi connectivity index (χ1n) is 9.47. The molecular formula is C23H22N2O4S. The zero-order chi connectivity index (χ0) is 21.1. The summed E-state index contributed by atoms with van der Waals surface area (Å²) in [5.74, 6) is 0.987. The van der Waals surface area contributed by atoms with Gasteiger partial charge >= 0.3 is 0 Å². The number of rotatable bonds is 6. The molecule has 0 atom stereocenters. The topological polar surface area (TPSA) is 62.1 Å². The third-order valence-electron chi connectivity index (χ3n) is 4.92. The van der Waals surface area contributed by atoms with E-state index < -0.39 is 0 Å². The summed E-state index contributed by atoms with van der Waals surface area (Å²) in [6.45, 7) is 1.06. The van der Waals surface area contributed by atoms with Gasteiger partial charge < -0.3 is 18.8 Å². The van der Waals surface area contributed by atoms with E-state index in [2.05, 4.69) is 4.99 Å². The molecule has 7 heteroatoms. The monoisotopic (exact) mass is 422 g/mol. The van der Waals surface area contributed by atoms with Gasteiger partial charge in [0.2, 0.25) is 0 Å². The highest BCUT2D eigenvalue weighted by Crippen LogP contribution is 2.33. The maximum Gasteiger partial charge on any atom is 0.280 e. The van der Waals surface area contributed by atoms with Crippen LogP contribution in [0.2, 0.25) is 0 Å². The van der Waals surface area contributed by atoms with Gasteiger partial charge in [-0.3, -0.25) is 4.79 Å². The Morgan fingerprint density at radius 3 is 2.50 bits per heavy atom. The molecule has 3 aromatic carbocycles. The maximum absolute atomic E-state index is 13.1. The number of carbonyl (C=O) groups excluding carboxylic acids is 1. The number of hydrogen-bond donors (Lipinski definition) is 0. The molecule has 0 fully saturated rings. The summed E-state index contributed by atoms with van der Waals surface area (Å²) >= 11 is 1.44. The van der Waals surface area contributed by atoms with Crippen LogP contribution < -0.4 is 14.3 Å². The second kappa shape index (κ2) is 8.69. The molecule has 0 saturated heterocycles. The van der Waals surface area contributed by atoms with Gasteiger partial charge in [-0.15, -0.1) is 0 Å². The van der Waals surface area contributed by atoms with Crippen LogP contribution in [0, 0.1) is 0 Å². The van der Waals surface area contributed by atoms with Crippen molar-refractivity contribution in [2.75, 3.05) is 27.9 Å². The first-order valence-corrected chi connectivity index (χ1v) is 10.3. The van der Waals surface area contributed by atoms with Gasteiger partial charge in [-0.1, -0.05) is 47.7 Å². The molecule has 1 heterocycles. The first kappa shape index (κ1) is 20.1. The summed E-state index contributed by atoms with van der Waals surface area (Å²) in [6, 6.07) is 17.3. The van der Waals surface area contributed by atoms with Gasteiger partial charge in [0.15, 0.2) is 16.3 Å². The number of carbonyl (C=O) groups is 1. The molecule has 6 nitrogen and oxygen atoms in total. The van der Waals surface area contributed by atoms with Gasteiger partial charge in [0.1, 0.15) is 0 Å². The van der Waals surface area contributed by atoms with E-state index in [-0.39, 0.29) is 5.91 Å². The summed E-state index contributed by atoms with van der Waals surface area (Å²) in [6.07, 6.45) is 0. The lowest BCUT2D eigenvalue weighted by Crippen LogP contribution is -2.19. The zero-order valence-corrected chi connectivity index (χ0v) is 17.9. The van der Waals surface area contributed by atoms with Crippen LogP contribution in [0.5, 0.6) is 11.5 Å². The van der Waals surface area contributed by atoms with Gasteiger partial charge in [-0.2, -0.15) is 4.99 Å². The summed E-state index contributed by atoms with van der Waals surface area (Å²) in [4.78, 5) is 18.2. The summed E-state index contributed by atoms with van der Waals surface area (Å²) in [5.41, 5.74) is 1.50. The van der Waals surface area contributed by atoms with E-state index in [4.69, 9.17) is 14.2 Å². The fourth-order valence-corrected chi connectivity index (χ4v) is 4.50. The van der Waals surface area contributed by atoms with Crippen molar-refractivity contribution in [2.24, 2.45) is 4.99 Å². The highest BCUT2D eigenvalue weighted by atomic mass is 32.1. The molecule has 0 spiro atoms. The predicted molar refractivity (Wildman–Crippen MR) is 119 cm³/mol. The molecule has 1 aromatic heterocycles. The molecule has 154 valence electrons. The number of aromatic nitrogens is 1. The fourth-order valence-electron chi connectivity index (χ4n) is 3.44. The fraction of sp³-hybridized carbons (Fsp3) is 0.217. The minimum Gasteiger partial charge on any atom is -0.493 e. The highest BCUT2D eigenvalue weighted by molar-refractivity contribution is 7.16. The second-order valence-corrected chi connectivity index (χ2v) is 7.66. The van der Waals surface area contributed by atoms with Crippen molar-refractivity contribution in [3.8, 4) is 11.5 Å². The summed E-state index contributed by atoms with van der Waals surface area (Å²) < 4.78 is 19.1. The Hall–Kier alpha value is -3.16. The van der Waals surface area contributed by atoms with E-state index in [0.29, 0.717) is 35.0 Å². The SMILES string of the molecule is COCCn1c(=NC(=O)c2cccc3ccccc23)sc2cc(OC)c(OC)cc21. The van der Waals surface area contributed by atoms with E-state index in [1.165, 1.54) is 11.3 Å². The third-order valence-corrected chi connectivity index (χ3v) is 5.97. The molecule has 0 bridgehead atoms. The molecular weight excluding hydrogens is 400 g/mol. The van der Waals surface area contributed by atoms with Crippen molar-refractivity contribution in [2.45, 2.75) is 6.54 Å². The lowest BCUT2D eigenvalue weighted by Gasteiger charge is -2.09. The molecule has 4 rings (SSSR count). The number of benzene rings is 3. The van der Waals surface area contributed by atoms with Crippen LogP contribution in [0.15, 0.2) is 59.6 Å². The number of hydrogen-bond acceptors (Lipinski definition) is 5. The molecule has 0 aliphatic heterocycles. The normalized spacial score (nSPS) is 11.9. The Balaban J connectivity index is 1.89. The van der Waals surface area contributed by atoms with E-state index in [0.717, 1.165) is 21.0 Å². The Morgan fingerprint density at radius 1 is 1.00 bits per heavy atom. The first-order chi connectivity index (χ1) is 14.7. The number of nitrogens with zero attached hydrogens (tertiary/aromatic N) is 2. The van der Waals surface area contributed by atoms with Crippen molar-refractivity contribution in [1.29, 1.82) is 0 Å². The van der Waals surface area contributed by atoms with E-state index >= 15 is 0 Å². The number of methoxy groups -OCH3 is 3. The number of ether oxygens (including phenoxy) is 3. The Kier molecular flexibility index (Phi) is 5.83. The number of amides is 1. The molecule has 30 heavy (non-hydrogen) atoms. The van der Waals surface area contributed by atoms with Crippen molar-refractivity contribution in [1.82, 2.24) is 4.57 Å². The van der Waals surface area contributed by atoms with Crippen LogP contribution in [0.1, 0.15) is 10.4 Å². The lowest BCUT2D eigenvalue weighted by atomic mass is 10.0. The standard InChI is InChI=1S/C23H22N2O4S/c1-27-12-11-25-18-13-19(28-2)20(29-3)14-21(18)30-23(25)24-22(26)17-10-6-8-15-7-4-5-9-16(15)17/h4-10,13-14H,11-12H2,1-3H3. The average Bonchev–Trinajstić information content (AvgIpc) is 3.11. The smallest absolute Gasteiger partial charge is 0.280 e. The van der Waals surface area contributed by atoms with Crippen LogP contribution in [0.3, 0.4) is 0 Å². The predicted octanol–water partition coefficient (Wildman–Crippen LogP) is 4.26. The zero-order valence-electron chi connectivity index (χ0n) is 17.0. The van der Waals surface area contributed by atoms with Crippen molar-refractivity contribution in [3.63, 3.8) is 0 Å². The quantitative estimate of drug-likeness (QED) is 0.466. The number of fused-ring (bicyclic) bond motifs is 2. The van der Waals surface area contributed by atoms with Crippen LogP contribution in [-0.4, -0.2) is 38.4 Å². The van der Waals surface area contributed by atoms with Gasteiger partial charge in [0, 0.05) is 31.4 Å². The minimum atomic E-state index is -0.275.